The Morgan fingerprint density at radius 2 is 1.73 bits per heavy atom. The summed E-state index contributed by atoms with van der Waals surface area (Å²) in [5.74, 6) is -0.0292. The quantitative estimate of drug-likeness (QED) is 0.541. The van der Waals surface area contributed by atoms with Crippen molar-refractivity contribution in [1.29, 1.82) is 0 Å². The summed E-state index contributed by atoms with van der Waals surface area (Å²) in [7, 11) is -2.94. The topological polar surface area (TPSA) is 74.7 Å². The molecular weight excluding hydrogens is 190 g/mol. The Hall–Kier alpha value is 0.0200. The van der Waals surface area contributed by atoms with Gasteiger partial charge in [-0.1, -0.05) is 0 Å². The Morgan fingerprint density at radius 3 is 2.09 bits per heavy atom. The van der Waals surface area contributed by atoms with E-state index in [9.17, 15) is 12.6 Å². The number of hydrogen-bond donors (Lipinski definition) is 1. The van der Waals surface area contributed by atoms with Crippen LogP contribution in [-0.2, 0) is 21.1 Å². The zero-order valence-electron chi connectivity index (χ0n) is 5.76. The molecule has 1 saturated heterocycles. The molecule has 1 unspecified atom stereocenters. The molecular formula is C4H9NO4S2. The van der Waals surface area contributed by atoms with Crippen LogP contribution in [0.3, 0.4) is 0 Å². The van der Waals surface area contributed by atoms with E-state index in [0.29, 0.717) is 0 Å². The van der Waals surface area contributed by atoms with Gasteiger partial charge in [0.05, 0.1) is 11.5 Å². The van der Waals surface area contributed by atoms with E-state index in [1.165, 1.54) is 4.31 Å². The lowest BCUT2D eigenvalue weighted by atomic mass is 10.6. The highest BCUT2D eigenvalue weighted by Crippen LogP contribution is 2.04. The van der Waals surface area contributed by atoms with Crippen molar-refractivity contribution >= 4 is 21.1 Å². The van der Waals surface area contributed by atoms with Gasteiger partial charge in [-0.3, -0.25) is 4.55 Å². The van der Waals surface area contributed by atoms with Crippen molar-refractivity contribution in [2.75, 3.05) is 24.6 Å². The summed E-state index contributed by atoms with van der Waals surface area (Å²) in [6.45, 7) is 0.316. The molecule has 7 heteroatoms. The second-order valence-corrected chi connectivity index (χ2v) is 5.59. The smallest absolute Gasteiger partial charge is 0.234 e. The van der Waals surface area contributed by atoms with Gasteiger partial charge in [0.15, 0.2) is 9.84 Å². The van der Waals surface area contributed by atoms with E-state index in [2.05, 4.69) is 0 Å². The normalized spacial score (nSPS) is 28.1. The minimum absolute atomic E-state index is 0.0146. The monoisotopic (exact) mass is 199 g/mol. The van der Waals surface area contributed by atoms with Gasteiger partial charge >= 0.3 is 0 Å². The Morgan fingerprint density at radius 1 is 1.27 bits per heavy atom. The minimum Gasteiger partial charge on any atom is -0.294 e. The van der Waals surface area contributed by atoms with Crippen molar-refractivity contribution < 1.29 is 17.2 Å². The van der Waals surface area contributed by atoms with Crippen LogP contribution in [0.1, 0.15) is 0 Å². The summed E-state index contributed by atoms with van der Waals surface area (Å²) < 4.78 is 41.8. The van der Waals surface area contributed by atoms with Gasteiger partial charge < -0.3 is 0 Å². The molecule has 1 rings (SSSR count). The lowest BCUT2D eigenvalue weighted by Gasteiger charge is -2.21. The van der Waals surface area contributed by atoms with Crippen LogP contribution in [-0.4, -0.2) is 46.1 Å². The zero-order valence-corrected chi connectivity index (χ0v) is 7.40. The predicted octanol–water partition coefficient (Wildman–Crippen LogP) is -1.15. The molecule has 0 saturated carbocycles. The van der Waals surface area contributed by atoms with Crippen LogP contribution in [0.15, 0.2) is 0 Å². The SMILES string of the molecule is O=S(O)N1CCS(=O)(=O)CC1. The Labute approximate surface area is 67.7 Å². The summed E-state index contributed by atoms with van der Waals surface area (Å²) in [6.07, 6.45) is 0. The van der Waals surface area contributed by atoms with Crippen molar-refractivity contribution in [1.82, 2.24) is 4.31 Å². The van der Waals surface area contributed by atoms with Crippen molar-refractivity contribution in [3.63, 3.8) is 0 Å². The van der Waals surface area contributed by atoms with E-state index in [0.717, 1.165) is 0 Å². The van der Waals surface area contributed by atoms with Crippen molar-refractivity contribution in [3.05, 3.63) is 0 Å². The molecule has 1 N–H and O–H groups in total. The maximum Gasteiger partial charge on any atom is 0.234 e. The molecule has 1 atom stereocenters. The molecule has 0 aromatic carbocycles. The van der Waals surface area contributed by atoms with Crippen LogP contribution >= 0.6 is 0 Å². The molecule has 0 bridgehead atoms. The van der Waals surface area contributed by atoms with Crippen molar-refractivity contribution in [2.24, 2.45) is 0 Å². The minimum atomic E-state index is -2.94. The first-order valence-corrected chi connectivity index (χ1v) is 5.96. The van der Waals surface area contributed by atoms with Gasteiger partial charge in [0.25, 0.3) is 0 Å². The molecule has 11 heavy (non-hydrogen) atoms. The largest absolute Gasteiger partial charge is 0.294 e. The van der Waals surface area contributed by atoms with E-state index >= 15 is 0 Å². The number of rotatable bonds is 1. The molecule has 0 aromatic rings. The fourth-order valence-electron chi connectivity index (χ4n) is 0.852. The Kier molecular flexibility index (Phi) is 2.63. The van der Waals surface area contributed by atoms with Crippen LogP contribution in [0, 0.1) is 0 Å². The Balaban J connectivity index is 2.56. The lowest BCUT2D eigenvalue weighted by molar-refractivity contribution is 0.415. The summed E-state index contributed by atoms with van der Waals surface area (Å²) in [5.41, 5.74) is 0. The van der Waals surface area contributed by atoms with Gasteiger partial charge in [0, 0.05) is 13.1 Å². The average molecular weight is 199 g/mol. The molecule has 66 valence electrons. The fourth-order valence-corrected chi connectivity index (χ4v) is 2.78. The molecule has 1 heterocycles. The highest BCUT2D eigenvalue weighted by Gasteiger charge is 2.24. The molecule has 0 aliphatic carbocycles. The van der Waals surface area contributed by atoms with E-state index in [1.54, 1.807) is 0 Å². The van der Waals surface area contributed by atoms with Crippen molar-refractivity contribution in [3.8, 4) is 0 Å². The number of hydrogen-bond acceptors (Lipinski definition) is 3. The van der Waals surface area contributed by atoms with Gasteiger partial charge in [-0.2, -0.15) is 4.31 Å². The standard InChI is InChI=1S/C4H9NO4S2/c6-10(7)5-1-3-11(8,9)4-2-5/h1-4H2,(H,6,7). The third-order valence-corrected chi connectivity index (χ3v) is 3.94. The van der Waals surface area contributed by atoms with Gasteiger partial charge in [0.1, 0.15) is 0 Å². The van der Waals surface area contributed by atoms with Crippen LogP contribution in [0.4, 0.5) is 0 Å². The van der Waals surface area contributed by atoms with E-state index in [-0.39, 0.29) is 24.6 Å². The molecule has 1 aliphatic heterocycles. The second-order valence-electron chi connectivity index (χ2n) is 2.31. The van der Waals surface area contributed by atoms with Crippen LogP contribution in [0.2, 0.25) is 0 Å². The molecule has 0 spiro atoms. The lowest BCUT2D eigenvalue weighted by Crippen LogP contribution is -2.40. The number of sulfone groups is 1. The maximum atomic E-state index is 10.8. The molecule has 0 radical (unpaired) electrons. The van der Waals surface area contributed by atoms with Gasteiger partial charge in [-0.15, -0.1) is 0 Å². The maximum absolute atomic E-state index is 10.8. The third kappa shape index (κ3) is 2.51. The summed E-state index contributed by atoms with van der Waals surface area (Å²) in [4.78, 5) is 0. The first-order valence-electron chi connectivity index (χ1n) is 3.07. The number of nitrogens with zero attached hydrogens (tertiary/aromatic N) is 1. The fraction of sp³-hybridized carbons (Fsp3) is 1.00. The zero-order chi connectivity index (χ0) is 8.48. The predicted molar refractivity (Wildman–Crippen MR) is 41.0 cm³/mol. The van der Waals surface area contributed by atoms with Crippen LogP contribution in [0.25, 0.3) is 0 Å². The third-order valence-electron chi connectivity index (χ3n) is 1.52. The molecule has 0 aromatic heterocycles. The Bertz CT molecular complexity index is 245. The first kappa shape index (κ1) is 9.11. The summed E-state index contributed by atoms with van der Waals surface area (Å²) in [6, 6.07) is 0. The highest BCUT2D eigenvalue weighted by molar-refractivity contribution is 7.91. The van der Waals surface area contributed by atoms with Crippen LogP contribution in [0.5, 0.6) is 0 Å². The van der Waals surface area contributed by atoms with Gasteiger partial charge in [-0.05, 0) is 0 Å². The molecule has 1 aliphatic rings. The van der Waals surface area contributed by atoms with E-state index in [4.69, 9.17) is 4.55 Å². The molecule has 5 nitrogen and oxygen atoms in total. The van der Waals surface area contributed by atoms with E-state index < -0.39 is 21.1 Å². The van der Waals surface area contributed by atoms with Crippen LogP contribution < -0.4 is 0 Å². The molecule has 0 amide bonds. The summed E-state index contributed by atoms with van der Waals surface area (Å²) in [5, 5.41) is 0. The summed E-state index contributed by atoms with van der Waals surface area (Å²) >= 11 is -2.02. The highest BCUT2D eigenvalue weighted by atomic mass is 32.2. The van der Waals surface area contributed by atoms with Crippen molar-refractivity contribution in [2.45, 2.75) is 0 Å². The van der Waals surface area contributed by atoms with Gasteiger partial charge in [-0.25, -0.2) is 12.6 Å². The average Bonchev–Trinajstić information content (AvgIpc) is 1.86. The van der Waals surface area contributed by atoms with E-state index in [1.807, 2.05) is 0 Å². The second kappa shape index (κ2) is 3.18. The first-order chi connectivity index (χ1) is 5.01. The van der Waals surface area contributed by atoms with Gasteiger partial charge in [0.2, 0.25) is 11.3 Å². The molecule has 1 fully saturated rings.